The number of alkyl halides is 3. The summed E-state index contributed by atoms with van der Waals surface area (Å²) in [5.41, 5.74) is 14.8. The molecule has 0 atom stereocenters. The lowest BCUT2D eigenvalue weighted by Gasteiger charge is -2.08. The number of pyridine rings is 1. The average molecular weight is 1440 g/mol. The number of carbonyl (C=O) groups excluding carboxylic acids is 1. The molecule has 0 spiro atoms. The second-order valence-corrected chi connectivity index (χ2v) is 24.7. The third kappa shape index (κ3) is 17.2. The van der Waals surface area contributed by atoms with E-state index in [0.717, 1.165) is 78.5 Å². The van der Waals surface area contributed by atoms with E-state index in [1.807, 2.05) is 101 Å². The quantitative estimate of drug-likeness (QED) is 0.0486. The molecule has 0 aliphatic carbocycles. The van der Waals surface area contributed by atoms with Crippen LogP contribution in [0.3, 0.4) is 0 Å². The Morgan fingerprint density at radius 2 is 1.12 bits per heavy atom. The largest absolute Gasteiger partial charge is 0.435 e. The van der Waals surface area contributed by atoms with Gasteiger partial charge in [-0.1, -0.05) is 18.2 Å². The highest BCUT2D eigenvalue weighted by Gasteiger charge is 2.33. The van der Waals surface area contributed by atoms with E-state index in [0.29, 0.717) is 75.1 Å². The summed E-state index contributed by atoms with van der Waals surface area (Å²) in [6, 6.07) is 39.4. The normalized spacial score (nSPS) is 11.0. The third-order valence-electron chi connectivity index (χ3n) is 14.3. The molecular formula is C69H51F3N22O4S4. The van der Waals surface area contributed by atoms with Crippen LogP contribution in [0.2, 0.25) is 0 Å². The molecule has 506 valence electrons. The zero-order valence-corrected chi connectivity index (χ0v) is 56.7. The van der Waals surface area contributed by atoms with Gasteiger partial charge < -0.3 is 30.4 Å². The highest BCUT2D eigenvalue weighted by atomic mass is 32.1. The molecule has 0 aliphatic heterocycles. The lowest BCUT2D eigenvalue weighted by atomic mass is 10.1. The molecule has 12 aromatic heterocycles. The van der Waals surface area contributed by atoms with Crippen molar-refractivity contribution in [2.24, 2.45) is 0 Å². The number of ether oxygens (including phenoxy) is 1. The van der Waals surface area contributed by atoms with Gasteiger partial charge in [0.25, 0.3) is 0 Å². The second-order valence-electron chi connectivity index (χ2n) is 21.3. The van der Waals surface area contributed by atoms with Crippen molar-refractivity contribution >= 4 is 120 Å². The lowest BCUT2D eigenvalue weighted by molar-refractivity contribution is -0.141. The van der Waals surface area contributed by atoms with Crippen LogP contribution in [0.15, 0.2) is 225 Å². The number of benzene rings is 4. The van der Waals surface area contributed by atoms with Crippen LogP contribution in [0.4, 0.5) is 59.7 Å². The number of anilines is 8. The number of para-hydroxylation sites is 1. The maximum Gasteiger partial charge on any atom is 0.435 e. The van der Waals surface area contributed by atoms with Gasteiger partial charge in [0.1, 0.15) is 29.6 Å². The predicted octanol–water partition coefficient (Wildman–Crippen LogP) is 15.5. The van der Waals surface area contributed by atoms with Crippen LogP contribution in [-0.2, 0) is 17.5 Å². The van der Waals surface area contributed by atoms with Crippen molar-refractivity contribution < 1.29 is 27.1 Å². The van der Waals surface area contributed by atoms with Gasteiger partial charge in [-0.3, -0.25) is 9.78 Å². The van der Waals surface area contributed by atoms with Crippen LogP contribution in [0, 0.1) is 6.92 Å². The first kappa shape index (κ1) is 67.9. The van der Waals surface area contributed by atoms with Crippen LogP contribution in [-0.4, -0.2) is 102 Å². The molecular weight excluding hydrogens is 1390 g/mol. The van der Waals surface area contributed by atoms with Gasteiger partial charge in [0.15, 0.2) is 16.5 Å². The van der Waals surface area contributed by atoms with E-state index in [2.05, 4.69) is 101 Å². The number of aromatic nitrogens is 18. The van der Waals surface area contributed by atoms with Gasteiger partial charge in [0, 0.05) is 113 Å². The number of rotatable bonds is 17. The number of carbonyl (C=O) groups is 1. The number of hydrogen-bond acceptors (Lipinski definition) is 28. The number of halogens is 3. The molecule has 16 aromatic rings. The summed E-state index contributed by atoms with van der Waals surface area (Å²) < 4.78 is 51.3. The van der Waals surface area contributed by atoms with Gasteiger partial charge in [-0.05, 0) is 116 Å². The molecule has 0 radical (unpaired) electrons. The number of aryl methyl sites for hydroxylation is 1. The molecule has 102 heavy (non-hydrogen) atoms. The van der Waals surface area contributed by atoms with Crippen molar-refractivity contribution in [3.63, 3.8) is 0 Å². The maximum atomic E-state index is 12.7. The summed E-state index contributed by atoms with van der Waals surface area (Å²) >= 11 is 5.90. The van der Waals surface area contributed by atoms with E-state index in [9.17, 15) is 22.8 Å². The Morgan fingerprint density at radius 3 is 1.65 bits per heavy atom. The van der Waals surface area contributed by atoms with Crippen LogP contribution < -0.4 is 26.9 Å². The highest BCUT2D eigenvalue weighted by molar-refractivity contribution is 7.12. The number of fused-ring (bicyclic) bond motifs is 2. The molecule has 26 nitrogen and oxygen atoms in total. The van der Waals surface area contributed by atoms with Crippen molar-refractivity contribution in [2.45, 2.75) is 26.6 Å². The molecule has 0 aliphatic rings. The Bertz CT molecular complexity index is 5540. The van der Waals surface area contributed by atoms with E-state index >= 15 is 0 Å². The summed E-state index contributed by atoms with van der Waals surface area (Å²) in [5, 5.41) is 31.2. The molecule has 4 aromatic carbocycles. The summed E-state index contributed by atoms with van der Waals surface area (Å²) in [6.45, 7) is 3.82. The summed E-state index contributed by atoms with van der Waals surface area (Å²) in [6.07, 6.45) is 8.40. The third-order valence-corrected chi connectivity index (χ3v) is 17.2. The van der Waals surface area contributed by atoms with Crippen molar-refractivity contribution in [3.8, 4) is 56.9 Å². The molecule has 4 N–H and O–H groups in total. The van der Waals surface area contributed by atoms with Crippen molar-refractivity contribution in [1.29, 1.82) is 0 Å². The summed E-state index contributed by atoms with van der Waals surface area (Å²) in [4.78, 5) is 83.6. The predicted molar refractivity (Wildman–Crippen MR) is 385 cm³/mol. The van der Waals surface area contributed by atoms with Gasteiger partial charge in [-0.2, -0.15) is 23.4 Å². The first-order chi connectivity index (χ1) is 49.7. The van der Waals surface area contributed by atoms with Crippen molar-refractivity contribution in [2.75, 3.05) is 28.4 Å². The lowest BCUT2D eigenvalue weighted by Crippen LogP contribution is -2.07. The van der Waals surface area contributed by atoms with Crippen LogP contribution in [0.1, 0.15) is 33.0 Å². The Kier molecular flexibility index (Phi) is 20.9. The molecule has 12 heterocycles. The number of hydrogen-bond donors (Lipinski definition) is 4. The van der Waals surface area contributed by atoms with E-state index < -0.39 is 17.5 Å². The minimum Gasteiger partial charge on any atom is -0.423 e. The molecule has 0 fully saturated rings. The van der Waals surface area contributed by atoms with Gasteiger partial charge >= 0.3 is 11.8 Å². The maximum absolute atomic E-state index is 12.7. The molecule has 0 saturated heterocycles. The fourth-order valence-electron chi connectivity index (χ4n) is 9.61. The Hall–Kier alpha value is -12.7. The smallest absolute Gasteiger partial charge is 0.423 e. The van der Waals surface area contributed by atoms with E-state index in [1.54, 1.807) is 120 Å². The molecule has 0 amide bonds. The Morgan fingerprint density at radius 1 is 0.559 bits per heavy atom. The molecule has 0 unspecified atom stereocenters. The van der Waals surface area contributed by atoms with E-state index in [-0.39, 0.29) is 5.78 Å². The highest BCUT2D eigenvalue weighted by Crippen LogP contribution is 2.31. The monoisotopic (exact) mass is 1440 g/mol. The number of Topliss-reactive ketones (excluding diaryl/α,β-unsaturated/α-hetero) is 1. The zero-order valence-electron chi connectivity index (χ0n) is 53.4. The molecule has 0 saturated carbocycles. The number of ketones is 1. The molecule has 16 rings (SSSR count). The van der Waals surface area contributed by atoms with Crippen molar-refractivity contribution in [1.82, 2.24) is 89.3 Å². The number of nitrogens with zero attached hydrogens (tertiary/aromatic N) is 18. The second kappa shape index (κ2) is 31.4. The van der Waals surface area contributed by atoms with Crippen molar-refractivity contribution in [3.05, 3.63) is 248 Å². The zero-order chi connectivity index (χ0) is 70.4. The number of nitrogens with one attached hydrogen (secondary N) is 4. The van der Waals surface area contributed by atoms with Crippen LogP contribution in [0.5, 0.6) is 0 Å². The molecule has 33 heteroatoms. The fourth-order valence-corrected chi connectivity index (χ4v) is 12.0. The standard InChI is InChI=1S/C18H13N5OS.C18H14N4O3S.C17H11F3N6S.C16H13N7S/c1-11(24)17-21-15(10-25-17)13-7-9-20-18(22-13)23-14-6-2-4-12-5-3-8-19-16(12)14;1-24-8-11-6-17(23)25-16-7-12(2-3-13(11)16)21-18-19-5-4-14(22-18)15-9-26-10-20-15;18-17(19,20)15-6-8-26(25-15)12-3-1-11(2-4-12)23-16-21-7-5-13(24-16)14-9-27-10-22-14;1-11-20-15(8-24-11)14-6-7-18-16(22-14)21-12-2-4-13(5-3-12)23-10-17-9-19-23/h2-10H,1H3,(H,20,22,23);2-7,9-10H,8H2,1H3,(H,19,21,22);1-10H,(H,21,23,24);2-10H,1H3,(H,18,21,22). The van der Waals surface area contributed by atoms with Gasteiger partial charge in [-0.25, -0.2) is 78.9 Å². The average Bonchev–Trinajstić information content (AvgIpc) is 1.15. The SMILES string of the molecule is CC(=O)c1nc(-c2ccnc(Nc3cccc4cccnc34)n2)cs1.COCc1cc(=O)oc2cc(Nc3nccc(-c4cscn4)n3)ccc12.Cc1nc(-c2ccnc(Nc3ccc(-n4cncn4)cc3)n2)cs1.FC(F)(F)c1ccn(-c2ccc(Nc3nccc(-c4cscn4)n3)cc2)n1. The van der Waals surface area contributed by atoms with Crippen LogP contribution >= 0.6 is 45.3 Å². The van der Waals surface area contributed by atoms with Crippen LogP contribution in [0.25, 0.3) is 78.8 Å². The number of thiazole rings is 4. The van der Waals surface area contributed by atoms with Gasteiger partial charge in [-0.15, -0.1) is 45.3 Å². The molecule has 0 bridgehead atoms. The topological polar surface area (TPSA) is 321 Å². The minimum absolute atomic E-state index is 0.0505. The number of methoxy groups -OCH3 is 1. The van der Waals surface area contributed by atoms with E-state index in [1.165, 1.54) is 64.2 Å². The minimum atomic E-state index is -4.47. The first-order valence-corrected chi connectivity index (χ1v) is 34.0. The van der Waals surface area contributed by atoms with Gasteiger partial charge in [0.2, 0.25) is 23.8 Å². The fraction of sp³-hybridized carbons (Fsp3) is 0.0725. The first-order valence-electron chi connectivity index (χ1n) is 30.3. The van der Waals surface area contributed by atoms with Gasteiger partial charge in [0.05, 0.1) is 79.4 Å². The van der Waals surface area contributed by atoms with E-state index in [4.69, 9.17) is 9.15 Å². The summed E-state index contributed by atoms with van der Waals surface area (Å²) in [7, 11) is 1.59. The Labute approximate surface area is 592 Å². The summed E-state index contributed by atoms with van der Waals surface area (Å²) in [5.74, 6) is 1.77. The Balaban J connectivity index is 0.000000121.